The number of carbonyl (C=O) groups is 1. The Labute approximate surface area is 212 Å². The first-order chi connectivity index (χ1) is 17.1. The van der Waals surface area contributed by atoms with Gasteiger partial charge in [-0.25, -0.2) is 24.1 Å². The van der Waals surface area contributed by atoms with Crippen molar-refractivity contribution in [3.05, 3.63) is 53.6 Å². The quantitative estimate of drug-likeness (QED) is 0.393. The number of nitrogens with two attached hydrogens (primary N) is 1. The number of fused-ring (bicyclic) bond motifs is 2. The molecule has 0 atom stereocenters. The second-order valence-corrected chi connectivity index (χ2v) is 10.1. The van der Waals surface area contributed by atoms with E-state index in [4.69, 9.17) is 22.1 Å². The monoisotopic (exact) mass is 508 g/mol. The maximum atomic E-state index is 16.0. The van der Waals surface area contributed by atoms with Crippen LogP contribution in [0.15, 0.2) is 42.7 Å². The summed E-state index contributed by atoms with van der Waals surface area (Å²) in [5.41, 5.74) is 6.10. The molecule has 1 aliphatic rings. The van der Waals surface area contributed by atoms with Gasteiger partial charge in [-0.05, 0) is 38.3 Å². The number of pyridine rings is 1. The van der Waals surface area contributed by atoms with Crippen LogP contribution in [0.3, 0.4) is 0 Å². The summed E-state index contributed by atoms with van der Waals surface area (Å²) >= 11 is 6.67. The summed E-state index contributed by atoms with van der Waals surface area (Å²) in [5, 5.41) is 2.25. The van der Waals surface area contributed by atoms with E-state index >= 15 is 4.39 Å². The molecular weight excluding hydrogens is 483 g/mol. The molecule has 2 N–H and O–H groups in total. The van der Waals surface area contributed by atoms with Crippen molar-refractivity contribution in [3.8, 4) is 11.3 Å². The van der Waals surface area contributed by atoms with E-state index in [0.717, 1.165) is 10.8 Å². The van der Waals surface area contributed by atoms with Crippen molar-refractivity contribution in [2.45, 2.75) is 26.4 Å². The summed E-state index contributed by atoms with van der Waals surface area (Å²) in [6, 6.07) is 10.9. The second kappa shape index (κ2) is 9.05. The number of nitrogen functional groups attached to an aromatic ring is 1. The molecule has 36 heavy (non-hydrogen) atoms. The lowest BCUT2D eigenvalue weighted by Gasteiger charge is -2.36. The Balaban J connectivity index is 1.51. The molecule has 2 aromatic carbocycles. The van der Waals surface area contributed by atoms with E-state index in [2.05, 4.69) is 15.0 Å². The van der Waals surface area contributed by atoms with E-state index in [0.29, 0.717) is 43.1 Å². The lowest BCUT2D eigenvalue weighted by molar-refractivity contribution is 0.0240. The topological polar surface area (TPSA) is 97.5 Å². The first-order valence-electron chi connectivity index (χ1n) is 11.6. The molecule has 1 fully saturated rings. The summed E-state index contributed by atoms with van der Waals surface area (Å²) in [7, 11) is 0. The fraction of sp³-hybridized carbons (Fsp3) is 0.308. The minimum absolute atomic E-state index is 0.141. The summed E-state index contributed by atoms with van der Waals surface area (Å²) in [6.07, 6.45) is 0.985. The van der Waals surface area contributed by atoms with Crippen LogP contribution >= 0.6 is 11.6 Å². The Bertz CT molecular complexity index is 1480. The third kappa shape index (κ3) is 4.46. The number of halogens is 2. The number of amides is 1. The molecule has 8 nitrogen and oxygen atoms in total. The third-order valence-corrected chi connectivity index (χ3v) is 6.33. The normalized spacial score (nSPS) is 14.5. The lowest BCUT2D eigenvalue weighted by atomic mass is 10.0. The van der Waals surface area contributed by atoms with E-state index in [1.807, 2.05) is 49.9 Å². The zero-order valence-electron chi connectivity index (χ0n) is 20.3. The van der Waals surface area contributed by atoms with E-state index < -0.39 is 11.4 Å². The van der Waals surface area contributed by atoms with Crippen LogP contribution in [-0.4, -0.2) is 57.7 Å². The van der Waals surface area contributed by atoms with Crippen molar-refractivity contribution in [2.24, 2.45) is 0 Å². The molecule has 2 aromatic heterocycles. The molecule has 10 heteroatoms. The first kappa shape index (κ1) is 24.0. The predicted octanol–water partition coefficient (Wildman–Crippen LogP) is 5.28. The van der Waals surface area contributed by atoms with Gasteiger partial charge in [0.15, 0.2) is 5.82 Å². The molecule has 0 spiro atoms. The summed E-state index contributed by atoms with van der Waals surface area (Å²) in [4.78, 5) is 29.2. The molecule has 0 radical (unpaired) electrons. The van der Waals surface area contributed by atoms with Gasteiger partial charge < -0.3 is 20.3 Å². The Morgan fingerprint density at radius 1 is 1.08 bits per heavy atom. The van der Waals surface area contributed by atoms with Crippen molar-refractivity contribution in [3.63, 3.8) is 0 Å². The molecule has 4 aromatic rings. The Hall–Kier alpha value is -3.72. The SMILES string of the molecule is CC(C)(C)OC(=O)N1CCN(c2ncnc3c(F)c(-c4nc(N)cc5ccccc45)c(Cl)cc23)CC1. The number of hydrogen-bond donors (Lipinski definition) is 1. The van der Waals surface area contributed by atoms with Crippen molar-refractivity contribution >= 4 is 51.0 Å². The number of rotatable bonds is 2. The number of piperazine rings is 1. The van der Waals surface area contributed by atoms with Gasteiger partial charge in [0, 0.05) is 37.0 Å². The number of anilines is 2. The number of carbonyl (C=O) groups excluding carboxylic acids is 1. The number of nitrogens with zero attached hydrogens (tertiary/aromatic N) is 5. The number of benzene rings is 2. The second-order valence-electron chi connectivity index (χ2n) is 9.71. The fourth-order valence-electron chi connectivity index (χ4n) is 4.42. The van der Waals surface area contributed by atoms with Crippen molar-refractivity contribution in [2.75, 3.05) is 36.8 Å². The van der Waals surface area contributed by atoms with Gasteiger partial charge >= 0.3 is 6.09 Å². The standard InChI is InChI=1S/C26H26ClFN6O2/c1-26(2,3)36-25(35)34-10-8-33(9-11-34)24-17-13-18(27)20(21(28)23(17)30-14-31-24)22-16-7-5-4-6-15(16)12-19(29)32-22/h4-7,12-14H,8-11H2,1-3H3,(H2,29,32). The molecule has 0 aliphatic carbocycles. The van der Waals surface area contributed by atoms with Crippen LogP contribution in [0, 0.1) is 5.82 Å². The maximum absolute atomic E-state index is 16.0. The van der Waals surface area contributed by atoms with Gasteiger partial charge in [-0.2, -0.15) is 0 Å². The predicted molar refractivity (Wildman–Crippen MR) is 140 cm³/mol. The van der Waals surface area contributed by atoms with Crippen molar-refractivity contribution in [1.29, 1.82) is 0 Å². The largest absolute Gasteiger partial charge is 0.444 e. The van der Waals surface area contributed by atoms with Gasteiger partial charge in [0.05, 0.1) is 16.3 Å². The highest BCUT2D eigenvalue weighted by atomic mass is 35.5. The zero-order chi connectivity index (χ0) is 25.6. The molecule has 1 amide bonds. The zero-order valence-corrected chi connectivity index (χ0v) is 21.0. The number of hydrogen-bond acceptors (Lipinski definition) is 7. The van der Waals surface area contributed by atoms with Crippen molar-refractivity contribution < 1.29 is 13.9 Å². The number of aromatic nitrogens is 3. The Morgan fingerprint density at radius 2 is 1.81 bits per heavy atom. The van der Waals surface area contributed by atoms with Crippen LogP contribution in [0.5, 0.6) is 0 Å². The first-order valence-corrected chi connectivity index (χ1v) is 12.0. The van der Waals surface area contributed by atoms with Crippen LogP contribution in [-0.2, 0) is 4.74 Å². The smallest absolute Gasteiger partial charge is 0.410 e. The van der Waals surface area contributed by atoms with Gasteiger partial charge in [-0.15, -0.1) is 0 Å². The molecule has 5 rings (SSSR count). The average Bonchev–Trinajstić information content (AvgIpc) is 2.83. The summed E-state index contributed by atoms with van der Waals surface area (Å²) in [6.45, 7) is 7.43. The van der Waals surface area contributed by atoms with Crippen LogP contribution in [0.1, 0.15) is 20.8 Å². The van der Waals surface area contributed by atoms with Gasteiger partial charge in [-0.1, -0.05) is 35.9 Å². The molecule has 186 valence electrons. The lowest BCUT2D eigenvalue weighted by Crippen LogP contribution is -2.50. The third-order valence-electron chi connectivity index (χ3n) is 6.03. The van der Waals surface area contributed by atoms with Crippen molar-refractivity contribution in [1.82, 2.24) is 19.9 Å². The molecule has 0 unspecified atom stereocenters. The Kier molecular flexibility index (Phi) is 6.04. The molecule has 1 aliphatic heterocycles. The van der Waals surface area contributed by atoms with Crippen LogP contribution < -0.4 is 10.6 Å². The van der Waals surface area contributed by atoms with E-state index in [1.54, 1.807) is 17.0 Å². The fourth-order valence-corrected chi connectivity index (χ4v) is 4.70. The van der Waals surface area contributed by atoms with E-state index in [-0.39, 0.29) is 28.0 Å². The van der Waals surface area contributed by atoms with Crippen LogP contribution in [0.25, 0.3) is 32.9 Å². The molecular formula is C26H26ClFN6O2. The highest BCUT2D eigenvalue weighted by molar-refractivity contribution is 6.34. The molecule has 0 bridgehead atoms. The molecule has 1 saturated heterocycles. The average molecular weight is 509 g/mol. The summed E-state index contributed by atoms with van der Waals surface area (Å²) in [5.74, 6) is 0.240. The van der Waals surface area contributed by atoms with Gasteiger partial charge in [0.25, 0.3) is 0 Å². The molecule has 0 saturated carbocycles. The number of ether oxygens (including phenoxy) is 1. The Morgan fingerprint density at radius 3 is 2.53 bits per heavy atom. The minimum Gasteiger partial charge on any atom is -0.444 e. The summed E-state index contributed by atoms with van der Waals surface area (Å²) < 4.78 is 21.5. The van der Waals surface area contributed by atoms with Gasteiger partial charge in [0.2, 0.25) is 0 Å². The minimum atomic E-state index is -0.586. The maximum Gasteiger partial charge on any atom is 0.410 e. The van der Waals surface area contributed by atoms with Gasteiger partial charge in [-0.3, -0.25) is 0 Å². The van der Waals surface area contributed by atoms with E-state index in [1.165, 1.54) is 6.33 Å². The molecule has 3 heterocycles. The highest BCUT2D eigenvalue weighted by Crippen LogP contribution is 2.40. The van der Waals surface area contributed by atoms with Crippen LogP contribution in [0.4, 0.5) is 20.8 Å². The van der Waals surface area contributed by atoms with E-state index in [9.17, 15) is 4.79 Å². The highest BCUT2D eigenvalue weighted by Gasteiger charge is 2.28. The van der Waals surface area contributed by atoms with Gasteiger partial charge in [0.1, 0.15) is 29.1 Å². The van der Waals surface area contributed by atoms with Crippen LogP contribution in [0.2, 0.25) is 5.02 Å².